The summed E-state index contributed by atoms with van der Waals surface area (Å²) in [4.78, 5) is 14.5. The minimum absolute atomic E-state index is 0.0328. The number of para-hydroxylation sites is 1. The molecule has 136 valence electrons. The van der Waals surface area contributed by atoms with E-state index in [0.29, 0.717) is 0 Å². The fourth-order valence-corrected chi connectivity index (χ4v) is 3.76. The summed E-state index contributed by atoms with van der Waals surface area (Å²) in [7, 11) is 3.49. The fraction of sp³-hybridized carbons (Fsp3) is 0.174. The highest BCUT2D eigenvalue weighted by Gasteiger charge is 2.29. The lowest BCUT2D eigenvalue weighted by molar-refractivity contribution is -0.112. The topological polar surface area (TPSA) is 34.5 Å². The lowest BCUT2D eigenvalue weighted by Gasteiger charge is -2.10. The zero-order valence-electron chi connectivity index (χ0n) is 16.0. The Morgan fingerprint density at radius 1 is 1.00 bits per heavy atom. The number of aryl methyl sites for hydroxylation is 1. The number of likely N-dealkylation sites (N-methyl/N-ethyl adjacent to an activating group) is 1. The summed E-state index contributed by atoms with van der Waals surface area (Å²) in [5, 5.41) is 0. The van der Waals surface area contributed by atoms with Gasteiger partial charge in [0.25, 0.3) is 5.91 Å². The molecule has 0 radical (unpaired) electrons. The number of carbonyl (C=O) groups excluding carboxylic acids is 1. The van der Waals surface area contributed by atoms with Crippen LogP contribution in [0.5, 0.6) is 5.75 Å². The number of benzene rings is 2. The Kier molecular flexibility index (Phi) is 4.11. The second-order valence-corrected chi connectivity index (χ2v) is 6.80. The first kappa shape index (κ1) is 17.2. The van der Waals surface area contributed by atoms with Crippen LogP contribution in [0, 0.1) is 13.8 Å². The van der Waals surface area contributed by atoms with Gasteiger partial charge in [-0.25, -0.2) is 0 Å². The largest absolute Gasteiger partial charge is 0.497 e. The molecule has 0 bridgehead atoms. The molecule has 27 heavy (non-hydrogen) atoms. The van der Waals surface area contributed by atoms with Crippen LogP contribution in [0.3, 0.4) is 0 Å². The van der Waals surface area contributed by atoms with E-state index in [0.717, 1.165) is 45.2 Å². The van der Waals surface area contributed by atoms with Crippen LogP contribution >= 0.6 is 0 Å². The summed E-state index contributed by atoms with van der Waals surface area (Å²) in [5.74, 6) is 0.866. The highest BCUT2D eigenvalue weighted by Crippen LogP contribution is 2.37. The third-order valence-corrected chi connectivity index (χ3v) is 5.19. The molecule has 0 atom stereocenters. The number of carbonyl (C=O) groups is 1. The van der Waals surface area contributed by atoms with Crippen LogP contribution < -0.4 is 9.64 Å². The summed E-state index contributed by atoms with van der Waals surface area (Å²) in [5.41, 5.74) is 7.03. The Morgan fingerprint density at radius 2 is 1.70 bits per heavy atom. The smallest absolute Gasteiger partial charge is 0.258 e. The second kappa shape index (κ2) is 6.47. The van der Waals surface area contributed by atoms with Crippen molar-refractivity contribution in [3.63, 3.8) is 0 Å². The fourth-order valence-electron chi connectivity index (χ4n) is 3.76. The van der Waals surface area contributed by atoms with E-state index in [1.807, 2.05) is 61.7 Å². The summed E-state index contributed by atoms with van der Waals surface area (Å²) in [6.45, 7) is 4.16. The van der Waals surface area contributed by atoms with Gasteiger partial charge in [-0.05, 0) is 61.9 Å². The van der Waals surface area contributed by atoms with Gasteiger partial charge in [-0.1, -0.05) is 18.2 Å². The molecular weight excluding hydrogens is 336 g/mol. The maximum atomic E-state index is 12.7. The zero-order valence-corrected chi connectivity index (χ0v) is 16.0. The molecule has 0 saturated heterocycles. The van der Waals surface area contributed by atoms with E-state index in [1.165, 1.54) is 0 Å². The zero-order chi connectivity index (χ0) is 19.1. The van der Waals surface area contributed by atoms with Crippen molar-refractivity contribution in [1.82, 2.24) is 4.57 Å². The van der Waals surface area contributed by atoms with Gasteiger partial charge in [-0.3, -0.25) is 4.79 Å². The highest BCUT2D eigenvalue weighted by atomic mass is 16.5. The van der Waals surface area contributed by atoms with E-state index in [9.17, 15) is 4.79 Å². The number of hydrogen-bond acceptors (Lipinski definition) is 2. The van der Waals surface area contributed by atoms with E-state index in [1.54, 1.807) is 12.0 Å². The molecule has 1 amide bonds. The Labute approximate surface area is 159 Å². The number of anilines is 1. The van der Waals surface area contributed by atoms with E-state index < -0.39 is 0 Å². The van der Waals surface area contributed by atoms with Crippen molar-refractivity contribution in [2.75, 3.05) is 19.1 Å². The Morgan fingerprint density at radius 3 is 2.41 bits per heavy atom. The predicted octanol–water partition coefficient (Wildman–Crippen LogP) is 4.62. The number of amides is 1. The van der Waals surface area contributed by atoms with Gasteiger partial charge < -0.3 is 14.2 Å². The van der Waals surface area contributed by atoms with E-state index in [4.69, 9.17) is 4.74 Å². The maximum Gasteiger partial charge on any atom is 0.258 e. The molecule has 4 heteroatoms. The number of fused-ring (bicyclic) bond motifs is 1. The monoisotopic (exact) mass is 358 g/mol. The molecule has 0 aliphatic carbocycles. The highest BCUT2D eigenvalue weighted by molar-refractivity contribution is 6.35. The minimum atomic E-state index is 0.0328. The van der Waals surface area contributed by atoms with Crippen molar-refractivity contribution in [3.8, 4) is 11.4 Å². The second-order valence-electron chi connectivity index (χ2n) is 6.80. The molecule has 1 aliphatic heterocycles. The van der Waals surface area contributed by atoms with E-state index in [-0.39, 0.29) is 5.91 Å². The van der Waals surface area contributed by atoms with E-state index in [2.05, 4.69) is 24.5 Å². The lowest BCUT2D eigenvalue weighted by Crippen LogP contribution is -2.20. The standard InChI is InChI=1S/C23H22N2O2/c1-15-13-17(16(2)25(15)18-9-11-19(27-4)12-10-18)14-21-20-7-5-6-8-22(20)24(3)23(21)26/h5-14H,1-4H3/b21-14-. The number of methoxy groups -OCH3 is 1. The molecule has 1 aromatic heterocycles. The van der Waals surface area contributed by atoms with Crippen LogP contribution in [-0.4, -0.2) is 24.6 Å². The number of hydrogen-bond donors (Lipinski definition) is 0. The van der Waals surface area contributed by atoms with Crippen molar-refractivity contribution in [3.05, 3.63) is 77.1 Å². The van der Waals surface area contributed by atoms with Gasteiger partial charge in [0, 0.05) is 35.3 Å². The van der Waals surface area contributed by atoms with Gasteiger partial charge in [-0.15, -0.1) is 0 Å². The molecule has 0 N–H and O–H groups in total. The normalized spacial score (nSPS) is 14.7. The average Bonchev–Trinajstić information content (AvgIpc) is 3.10. The molecule has 3 aromatic rings. The van der Waals surface area contributed by atoms with Crippen molar-refractivity contribution in [2.45, 2.75) is 13.8 Å². The number of rotatable bonds is 3. The van der Waals surface area contributed by atoms with Crippen LogP contribution in [0.2, 0.25) is 0 Å². The maximum absolute atomic E-state index is 12.7. The van der Waals surface area contributed by atoms with Crippen molar-refractivity contribution < 1.29 is 9.53 Å². The van der Waals surface area contributed by atoms with Crippen molar-refractivity contribution >= 4 is 23.2 Å². The molecule has 4 nitrogen and oxygen atoms in total. The predicted molar refractivity (Wildman–Crippen MR) is 110 cm³/mol. The number of ether oxygens (including phenoxy) is 1. The molecule has 0 saturated carbocycles. The van der Waals surface area contributed by atoms with Crippen LogP contribution in [-0.2, 0) is 4.79 Å². The molecule has 4 rings (SSSR count). The number of nitrogens with zero attached hydrogens (tertiary/aromatic N) is 2. The van der Waals surface area contributed by atoms with Crippen molar-refractivity contribution in [2.24, 2.45) is 0 Å². The Balaban J connectivity index is 1.80. The van der Waals surface area contributed by atoms with Gasteiger partial charge in [0.15, 0.2) is 0 Å². The van der Waals surface area contributed by atoms with Crippen LogP contribution in [0.15, 0.2) is 54.6 Å². The quantitative estimate of drug-likeness (QED) is 0.640. The minimum Gasteiger partial charge on any atom is -0.497 e. The summed E-state index contributed by atoms with van der Waals surface area (Å²) in [6, 6.07) is 18.0. The SMILES string of the molecule is COc1ccc(-n2c(C)cc(/C=C3\C(=O)N(C)c4ccccc43)c2C)cc1. The molecule has 0 fully saturated rings. The van der Waals surface area contributed by atoms with Gasteiger partial charge in [-0.2, -0.15) is 0 Å². The molecule has 0 unspecified atom stereocenters. The Hall–Kier alpha value is -3.27. The average molecular weight is 358 g/mol. The first-order valence-corrected chi connectivity index (χ1v) is 8.94. The van der Waals surface area contributed by atoms with Crippen LogP contribution in [0.1, 0.15) is 22.5 Å². The Bertz CT molecular complexity index is 1060. The first-order chi connectivity index (χ1) is 13.0. The van der Waals surface area contributed by atoms with Gasteiger partial charge in [0.05, 0.1) is 12.8 Å². The first-order valence-electron chi connectivity index (χ1n) is 8.94. The molecule has 2 heterocycles. The summed E-state index contributed by atoms with van der Waals surface area (Å²) < 4.78 is 7.45. The molecule has 1 aliphatic rings. The summed E-state index contributed by atoms with van der Waals surface area (Å²) in [6.07, 6.45) is 2.01. The molecular formula is C23H22N2O2. The third kappa shape index (κ3) is 2.74. The van der Waals surface area contributed by atoms with Crippen LogP contribution in [0.4, 0.5) is 5.69 Å². The van der Waals surface area contributed by atoms with Crippen molar-refractivity contribution in [1.29, 1.82) is 0 Å². The van der Waals surface area contributed by atoms with E-state index >= 15 is 0 Å². The molecule has 0 spiro atoms. The third-order valence-electron chi connectivity index (χ3n) is 5.19. The lowest BCUT2D eigenvalue weighted by atomic mass is 10.0. The number of aromatic nitrogens is 1. The van der Waals surface area contributed by atoms with Gasteiger partial charge >= 0.3 is 0 Å². The van der Waals surface area contributed by atoms with Crippen LogP contribution in [0.25, 0.3) is 17.3 Å². The van der Waals surface area contributed by atoms with Gasteiger partial charge in [0.2, 0.25) is 0 Å². The van der Waals surface area contributed by atoms with Gasteiger partial charge in [0.1, 0.15) is 5.75 Å². The molecule has 2 aromatic carbocycles. The summed E-state index contributed by atoms with van der Waals surface area (Å²) >= 11 is 0.